The van der Waals surface area contributed by atoms with Gasteiger partial charge in [-0.15, -0.1) is 0 Å². The monoisotopic (exact) mass is 366 g/mol. The zero-order chi connectivity index (χ0) is 18.5. The van der Waals surface area contributed by atoms with Crippen molar-refractivity contribution in [1.82, 2.24) is 10.3 Å². The first-order valence-corrected chi connectivity index (χ1v) is 8.61. The topological polar surface area (TPSA) is 51.2 Å². The zero-order valence-corrected chi connectivity index (χ0v) is 15.3. The van der Waals surface area contributed by atoms with Gasteiger partial charge in [0.15, 0.2) is 0 Å². The maximum absolute atomic E-state index is 12.7. The van der Waals surface area contributed by atoms with Crippen molar-refractivity contribution < 1.29 is 9.53 Å². The van der Waals surface area contributed by atoms with Crippen LogP contribution in [0.15, 0.2) is 67.0 Å². The predicted octanol–water partition coefficient (Wildman–Crippen LogP) is 4.90. The van der Waals surface area contributed by atoms with Gasteiger partial charge in [-0.3, -0.25) is 9.78 Å². The Morgan fingerprint density at radius 2 is 1.73 bits per heavy atom. The molecule has 1 atom stereocenters. The molecule has 26 heavy (non-hydrogen) atoms. The molecule has 0 saturated carbocycles. The number of aromatic nitrogens is 1. The van der Waals surface area contributed by atoms with Gasteiger partial charge >= 0.3 is 0 Å². The molecule has 132 valence electrons. The number of benzene rings is 2. The third-order valence-electron chi connectivity index (χ3n) is 4.18. The standard InChI is InChI=1S/C21H19ClN2O2/c1-14(15-3-6-18(22)7-4-15)24-21(25)19-8-5-17(13-20(19)26-2)16-9-11-23-12-10-16/h3-14H,1-2H3,(H,24,25)/t14-/m0/s1. The molecule has 0 aliphatic heterocycles. The maximum atomic E-state index is 12.7. The molecular weight excluding hydrogens is 348 g/mol. The molecule has 0 saturated heterocycles. The molecule has 0 unspecified atom stereocenters. The summed E-state index contributed by atoms with van der Waals surface area (Å²) in [5, 5.41) is 3.66. The van der Waals surface area contributed by atoms with E-state index >= 15 is 0 Å². The fraction of sp³-hybridized carbons (Fsp3) is 0.143. The minimum Gasteiger partial charge on any atom is -0.496 e. The van der Waals surface area contributed by atoms with Gasteiger partial charge in [-0.1, -0.05) is 29.8 Å². The fourth-order valence-corrected chi connectivity index (χ4v) is 2.84. The second kappa shape index (κ2) is 8.02. The highest BCUT2D eigenvalue weighted by atomic mass is 35.5. The van der Waals surface area contributed by atoms with E-state index in [-0.39, 0.29) is 11.9 Å². The minimum absolute atomic E-state index is 0.149. The van der Waals surface area contributed by atoms with Crippen LogP contribution in [-0.4, -0.2) is 18.0 Å². The molecule has 3 rings (SSSR count). The van der Waals surface area contributed by atoms with Gasteiger partial charge in [0.25, 0.3) is 5.91 Å². The first kappa shape index (κ1) is 18.0. The van der Waals surface area contributed by atoms with Gasteiger partial charge in [0.2, 0.25) is 0 Å². The van der Waals surface area contributed by atoms with Gasteiger partial charge in [0.1, 0.15) is 5.75 Å². The van der Waals surface area contributed by atoms with Crippen LogP contribution in [0.2, 0.25) is 5.02 Å². The second-order valence-corrected chi connectivity index (χ2v) is 6.33. The number of nitrogens with zero attached hydrogens (tertiary/aromatic N) is 1. The summed E-state index contributed by atoms with van der Waals surface area (Å²) in [6.07, 6.45) is 3.46. The van der Waals surface area contributed by atoms with Crippen molar-refractivity contribution in [2.75, 3.05) is 7.11 Å². The van der Waals surface area contributed by atoms with Crippen LogP contribution in [0.25, 0.3) is 11.1 Å². The average molecular weight is 367 g/mol. The van der Waals surface area contributed by atoms with E-state index in [4.69, 9.17) is 16.3 Å². The van der Waals surface area contributed by atoms with E-state index in [1.54, 1.807) is 25.6 Å². The highest BCUT2D eigenvalue weighted by Crippen LogP contribution is 2.27. The number of amides is 1. The summed E-state index contributed by atoms with van der Waals surface area (Å²) in [5.41, 5.74) is 3.45. The molecular formula is C21H19ClN2O2. The fourth-order valence-electron chi connectivity index (χ4n) is 2.71. The number of hydrogen-bond donors (Lipinski definition) is 1. The van der Waals surface area contributed by atoms with Gasteiger partial charge in [-0.25, -0.2) is 0 Å². The number of carbonyl (C=O) groups is 1. The van der Waals surface area contributed by atoms with Crippen molar-refractivity contribution in [3.8, 4) is 16.9 Å². The third-order valence-corrected chi connectivity index (χ3v) is 4.43. The van der Waals surface area contributed by atoms with Crippen LogP contribution >= 0.6 is 11.6 Å². The molecule has 0 aliphatic carbocycles. The molecule has 0 radical (unpaired) electrons. The average Bonchev–Trinajstić information content (AvgIpc) is 2.68. The number of nitrogens with one attached hydrogen (secondary N) is 1. The molecule has 4 nitrogen and oxygen atoms in total. The molecule has 1 heterocycles. The van der Waals surface area contributed by atoms with Crippen LogP contribution in [0, 0.1) is 0 Å². The predicted molar refractivity (Wildman–Crippen MR) is 104 cm³/mol. The molecule has 0 aliphatic rings. The molecule has 1 aromatic heterocycles. The number of rotatable bonds is 5. The number of carbonyl (C=O) groups excluding carboxylic acids is 1. The van der Waals surface area contributed by atoms with Gasteiger partial charge in [-0.05, 0) is 60.0 Å². The Bertz CT molecular complexity index is 896. The van der Waals surface area contributed by atoms with E-state index in [1.165, 1.54) is 0 Å². The molecule has 0 spiro atoms. The molecule has 2 aromatic carbocycles. The summed E-state index contributed by atoms with van der Waals surface area (Å²) in [5.74, 6) is 0.339. The Labute approximate surface area is 157 Å². The summed E-state index contributed by atoms with van der Waals surface area (Å²) in [4.78, 5) is 16.7. The van der Waals surface area contributed by atoms with Crippen LogP contribution in [0.5, 0.6) is 5.75 Å². The second-order valence-electron chi connectivity index (χ2n) is 5.90. The van der Waals surface area contributed by atoms with Crippen LogP contribution < -0.4 is 10.1 Å². The zero-order valence-electron chi connectivity index (χ0n) is 14.6. The quantitative estimate of drug-likeness (QED) is 0.698. The third kappa shape index (κ3) is 4.03. The minimum atomic E-state index is -0.189. The van der Waals surface area contributed by atoms with Gasteiger partial charge < -0.3 is 10.1 Å². The highest BCUT2D eigenvalue weighted by molar-refractivity contribution is 6.30. The maximum Gasteiger partial charge on any atom is 0.255 e. The molecule has 0 fully saturated rings. The lowest BCUT2D eigenvalue weighted by Crippen LogP contribution is -2.27. The summed E-state index contributed by atoms with van der Waals surface area (Å²) in [7, 11) is 1.56. The van der Waals surface area contributed by atoms with Crippen LogP contribution in [0.3, 0.4) is 0 Å². The first-order valence-electron chi connectivity index (χ1n) is 8.23. The van der Waals surface area contributed by atoms with Crippen molar-refractivity contribution in [1.29, 1.82) is 0 Å². The Balaban J connectivity index is 1.81. The van der Waals surface area contributed by atoms with Crippen molar-refractivity contribution in [3.63, 3.8) is 0 Å². The summed E-state index contributed by atoms with van der Waals surface area (Å²) in [6.45, 7) is 1.93. The Kier molecular flexibility index (Phi) is 5.54. The van der Waals surface area contributed by atoms with E-state index < -0.39 is 0 Å². The van der Waals surface area contributed by atoms with Gasteiger partial charge in [0, 0.05) is 17.4 Å². The van der Waals surface area contributed by atoms with Crippen molar-refractivity contribution >= 4 is 17.5 Å². The van der Waals surface area contributed by atoms with Crippen LogP contribution in [0.4, 0.5) is 0 Å². The number of methoxy groups -OCH3 is 1. The van der Waals surface area contributed by atoms with Crippen molar-refractivity contribution in [3.05, 3.63) is 83.1 Å². The highest BCUT2D eigenvalue weighted by Gasteiger charge is 2.16. The summed E-state index contributed by atoms with van der Waals surface area (Å²) in [6, 6.07) is 16.6. The van der Waals surface area contributed by atoms with E-state index in [9.17, 15) is 4.79 Å². The smallest absolute Gasteiger partial charge is 0.255 e. The molecule has 3 aromatic rings. The number of ether oxygens (including phenoxy) is 1. The molecule has 1 amide bonds. The van der Waals surface area contributed by atoms with E-state index in [0.29, 0.717) is 16.3 Å². The Morgan fingerprint density at radius 3 is 2.38 bits per heavy atom. The number of halogens is 1. The van der Waals surface area contributed by atoms with E-state index in [0.717, 1.165) is 16.7 Å². The molecule has 1 N–H and O–H groups in total. The SMILES string of the molecule is COc1cc(-c2ccncc2)ccc1C(=O)N[C@@H](C)c1ccc(Cl)cc1. The normalized spacial score (nSPS) is 11.7. The lowest BCUT2D eigenvalue weighted by Gasteiger charge is -2.16. The summed E-state index contributed by atoms with van der Waals surface area (Å²) < 4.78 is 5.44. The van der Waals surface area contributed by atoms with Crippen molar-refractivity contribution in [2.24, 2.45) is 0 Å². The van der Waals surface area contributed by atoms with Gasteiger partial charge in [0.05, 0.1) is 18.7 Å². The largest absolute Gasteiger partial charge is 0.496 e. The van der Waals surface area contributed by atoms with Gasteiger partial charge in [-0.2, -0.15) is 0 Å². The van der Waals surface area contributed by atoms with Crippen LogP contribution in [-0.2, 0) is 0 Å². The van der Waals surface area contributed by atoms with Crippen LogP contribution in [0.1, 0.15) is 28.9 Å². The molecule has 5 heteroatoms. The number of pyridine rings is 1. The Hall–Kier alpha value is -2.85. The van der Waals surface area contributed by atoms with Crippen molar-refractivity contribution in [2.45, 2.75) is 13.0 Å². The lowest BCUT2D eigenvalue weighted by atomic mass is 10.0. The number of hydrogen-bond acceptors (Lipinski definition) is 3. The lowest BCUT2D eigenvalue weighted by molar-refractivity contribution is 0.0937. The summed E-state index contributed by atoms with van der Waals surface area (Å²) >= 11 is 5.92. The van der Waals surface area contributed by atoms with E-state index in [2.05, 4.69) is 10.3 Å². The first-order chi connectivity index (χ1) is 12.6. The molecule has 0 bridgehead atoms. The Morgan fingerprint density at radius 1 is 1.04 bits per heavy atom. The van der Waals surface area contributed by atoms with E-state index in [1.807, 2.05) is 55.5 Å².